The Kier molecular flexibility index (Phi) is 6.10. The van der Waals surface area contributed by atoms with E-state index in [-0.39, 0.29) is 30.0 Å². The van der Waals surface area contributed by atoms with Crippen LogP contribution in [0.3, 0.4) is 0 Å². The van der Waals surface area contributed by atoms with Crippen LogP contribution in [0.1, 0.15) is 77.2 Å². The molecule has 5 unspecified atom stereocenters. The number of hydrogen-bond donors (Lipinski definition) is 1. The van der Waals surface area contributed by atoms with Gasteiger partial charge in [-0.1, -0.05) is 32.4 Å². The molecule has 0 saturated heterocycles. The Bertz CT molecular complexity index is 1090. The minimum atomic E-state index is -0.222. The van der Waals surface area contributed by atoms with Gasteiger partial charge in [-0.25, -0.2) is 0 Å². The van der Waals surface area contributed by atoms with E-state index in [2.05, 4.69) is 25.0 Å². The van der Waals surface area contributed by atoms with E-state index in [0.717, 1.165) is 50.0 Å². The average Bonchev–Trinajstić information content (AvgIpc) is 3.42. The van der Waals surface area contributed by atoms with E-state index in [1.807, 2.05) is 26.0 Å². The standard InChI is InChI=1S/C25H28O4.C5H8/c1-25-12-19(15-3-8-21-22(11-15)29-13-28-21)24-17-6-4-16(26)10-14(17)2-5-18(24)20(25)7-9-23(25)27;1-4-5(2)3/h3,8,10-11,18-20,23,27H,2,4-7,9,12-13H2,1H3;1,5H,2-3H3. The zero-order valence-electron chi connectivity index (χ0n) is 20.6. The van der Waals surface area contributed by atoms with Crippen LogP contribution in [0.2, 0.25) is 0 Å². The van der Waals surface area contributed by atoms with Gasteiger partial charge >= 0.3 is 0 Å². The second-order valence-corrected chi connectivity index (χ2v) is 11.1. The number of benzene rings is 1. The molecule has 4 heteroatoms. The first-order valence-corrected chi connectivity index (χ1v) is 12.8. The summed E-state index contributed by atoms with van der Waals surface area (Å²) in [5.41, 5.74) is 5.51. The van der Waals surface area contributed by atoms with Crippen LogP contribution < -0.4 is 9.47 Å². The van der Waals surface area contributed by atoms with E-state index in [0.29, 0.717) is 24.2 Å². The molecule has 1 aliphatic heterocycles. The topological polar surface area (TPSA) is 55.8 Å². The van der Waals surface area contributed by atoms with Crippen molar-refractivity contribution in [3.63, 3.8) is 0 Å². The largest absolute Gasteiger partial charge is 0.454 e. The van der Waals surface area contributed by atoms with Crippen molar-refractivity contribution in [3.05, 3.63) is 46.6 Å². The Morgan fingerprint density at radius 3 is 2.65 bits per heavy atom. The molecular weight excluding hydrogens is 424 g/mol. The van der Waals surface area contributed by atoms with Crippen molar-refractivity contribution in [2.45, 2.75) is 77.7 Å². The summed E-state index contributed by atoms with van der Waals surface area (Å²) < 4.78 is 11.2. The molecule has 0 bridgehead atoms. The zero-order valence-corrected chi connectivity index (χ0v) is 20.6. The van der Waals surface area contributed by atoms with Crippen LogP contribution in [0.5, 0.6) is 11.5 Å². The summed E-state index contributed by atoms with van der Waals surface area (Å²) in [5.74, 6) is 6.20. The first-order chi connectivity index (χ1) is 16.3. The van der Waals surface area contributed by atoms with E-state index in [1.165, 1.54) is 16.7 Å². The molecule has 5 aliphatic rings. The molecule has 2 fully saturated rings. The fourth-order valence-electron chi connectivity index (χ4n) is 7.06. The van der Waals surface area contributed by atoms with Gasteiger partial charge in [0.05, 0.1) is 6.10 Å². The lowest BCUT2D eigenvalue weighted by molar-refractivity contribution is -0.114. The normalized spacial score (nSPS) is 33.3. The highest BCUT2D eigenvalue weighted by molar-refractivity contribution is 5.93. The van der Waals surface area contributed by atoms with Crippen LogP contribution in [0.25, 0.3) is 0 Å². The molecule has 1 N–H and O–H groups in total. The first kappa shape index (κ1) is 23.2. The van der Waals surface area contributed by atoms with Crippen molar-refractivity contribution in [1.29, 1.82) is 0 Å². The Balaban J connectivity index is 0.000000439. The SMILES string of the molecule is C#CC(C)C.CC12CC(c3ccc4c(c3)OCO4)C3=C4CCC(=O)C=C4CCC3C1CCC2O. The molecule has 1 heterocycles. The van der Waals surface area contributed by atoms with E-state index in [9.17, 15) is 9.90 Å². The summed E-state index contributed by atoms with van der Waals surface area (Å²) in [4.78, 5) is 12.1. The summed E-state index contributed by atoms with van der Waals surface area (Å²) in [6.07, 6.45) is 13.2. The first-order valence-electron chi connectivity index (χ1n) is 12.8. The highest BCUT2D eigenvalue weighted by Gasteiger charge is 2.56. The predicted molar refractivity (Wildman–Crippen MR) is 133 cm³/mol. The molecule has 4 aliphatic carbocycles. The average molecular weight is 461 g/mol. The van der Waals surface area contributed by atoms with Crippen LogP contribution in [0.15, 0.2) is 41.0 Å². The van der Waals surface area contributed by atoms with Gasteiger partial charge in [0.2, 0.25) is 6.79 Å². The number of aliphatic hydroxyl groups excluding tert-OH is 1. The molecule has 6 rings (SSSR count). The number of hydrogen-bond acceptors (Lipinski definition) is 4. The van der Waals surface area contributed by atoms with Gasteiger partial charge in [-0.15, -0.1) is 12.3 Å². The second kappa shape index (κ2) is 8.93. The quantitative estimate of drug-likeness (QED) is 0.526. The van der Waals surface area contributed by atoms with Crippen molar-refractivity contribution in [2.24, 2.45) is 23.2 Å². The Hall–Kier alpha value is -2.51. The van der Waals surface area contributed by atoms with Gasteiger partial charge in [0.15, 0.2) is 17.3 Å². The second-order valence-electron chi connectivity index (χ2n) is 11.1. The number of allylic oxidation sites excluding steroid dienone is 4. The number of ether oxygens (including phenoxy) is 2. The van der Waals surface area contributed by atoms with E-state index in [4.69, 9.17) is 15.9 Å². The maximum Gasteiger partial charge on any atom is 0.231 e. The van der Waals surface area contributed by atoms with Gasteiger partial charge in [-0.05, 0) is 90.7 Å². The van der Waals surface area contributed by atoms with Crippen molar-refractivity contribution in [3.8, 4) is 23.8 Å². The Morgan fingerprint density at radius 2 is 1.88 bits per heavy atom. The van der Waals surface area contributed by atoms with E-state index >= 15 is 0 Å². The fourth-order valence-corrected chi connectivity index (χ4v) is 7.06. The molecule has 0 amide bonds. The monoisotopic (exact) mass is 460 g/mol. The van der Waals surface area contributed by atoms with Crippen LogP contribution in [0.4, 0.5) is 0 Å². The van der Waals surface area contributed by atoms with Gasteiger partial charge < -0.3 is 14.6 Å². The van der Waals surface area contributed by atoms with Gasteiger partial charge in [0.25, 0.3) is 0 Å². The Morgan fingerprint density at radius 1 is 1.12 bits per heavy atom. The number of ketones is 1. The van der Waals surface area contributed by atoms with Crippen LogP contribution >= 0.6 is 0 Å². The lowest BCUT2D eigenvalue weighted by atomic mass is 9.53. The smallest absolute Gasteiger partial charge is 0.231 e. The van der Waals surface area contributed by atoms with Gasteiger partial charge in [0, 0.05) is 18.3 Å². The molecule has 0 aromatic heterocycles. The molecule has 5 atom stereocenters. The summed E-state index contributed by atoms with van der Waals surface area (Å²) in [6, 6.07) is 6.36. The lowest BCUT2D eigenvalue weighted by Gasteiger charge is -2.52. The van der Waals surface area contributed by atoms with Crippen LogP contribution in [-0.2, 0) is 4.79 Å². The summed E-state index contributed by atoms with van der Waals surface area (Å²) >= 11 is 0. The number of aliphatic hydroxyl groups is 1. The highest BCUT2D eigenvalue weighted by Crippen LogP contribution is 2.64. The molecule has 34 heavy (non-hydrogen) atoms. The lowest BCUT2D eigenvalue weighted by Crippen LogP contribution is -2.45. The fraction of sp³-hybridized carbons (Fsp3) is 0.567. The Labute approximate surface area is 203 Å². The summed E-state index contributed by atoms with van der Waals surface area (Å²) in [6.45, 7) is 6.57. The number of terminal acetylenes is 1. The number of carbonyl (C=O) groups is 1. The van der Waals surface area contributed by atoms with Crippen molar-refractivity contribution in [1.82, 2.24) is 0 Å². The maximum atomic E-state index is 12.1. The van der Waals surface area contributed by atoms with Crippen molar-refractivity contribution in [2.75, 3.05) is 6.79 Å². The molecule has 1 aromatic carbocycles. The summed E-state index contributed by atoms with van der Waals surface area (Å²) in [7, 11) is 0. The third-order valence-electron chi connectivity index (χ3n) is 8.81. The van der Waals surface area contributed by atoms with Gasteiger partial charge in [-0.3, -0.25) is 4.79 Å². The molecule has 4 nitrogen and oxygen atoms in total. The molecule has 0 radical (unpaired) electrons. The van der Waals surface area contributed by atoms with Gasteiger partial charge in [0.1, 0.15) is 0 Å². The molecule has 1 aromatic rings. The number of fused-ring (bicyclic) bond motifs is 5. The van der Waals surface area contributed by atoms with Gasteiger partial charge in [-0.2, -0.15) is 0 Å². The predicted octanol–water partition coefficient (Wildman–Crippen LogP) is 5.95. The minimum Gasteiger partial charge on any atom is -0.454 e. The van der Waals surface area contributed by atoms with E-state index < -0.39 is 0 Å². The van der Waals surface area contributed by atoms with Crippen molar-refractivity contribution >= 4 is 5.78 Å². The number of carbonyl (C=O) groups excluding carboxylic acids is 1. The maximum absolute atomic E-state index is 12.1. The minimum absolute atomic E-state index is 0.0402. The molecule has 2 saturated carbocycles. The number of rotatable bonds is 1. The van der Waals surface area contributed by atoms with Crippen LogP contribution in [-0.4, -0.2) is 23.8 Å². The molecule has 180 valence electrons. The van der Waals surface area contributed by atoms with Crippen LogP contribution in [0, 0.1) is 35.5 Å². The van der Waals surface area contributed by atoms with E-state index in [1.54, 1.807) is 5.57 Å². The van der Waals surface area contributed by atoms with Crippen molar-refractivity contribution < 1.29 is 19.4 Å². The molecule has 0 spiro atoms. The third-order valence-corrected chi connectivity index (χ3v) is 8.81. The zero-order chi connectivity index (χ0) is 24.0. The highest BCUT2D eigenvalue weighted by atomic mass is 16.7. The third kappa shape index (κ3) is 3.89. The summed E-state index contributed by atoms with van der Waals surface area (Å²) in [5, 5.41) is 10.9. The molecular formula is C30H36O4.